The summed E-state index contributed by atoms with van der Waals surface area (Å²) < 4.78 is 1.16. The third-order valence-electron chi connectivity index (χ3n) is 3.05. The molecule has 2 unspecified atom stereocenters. The molecule has 14 heavy (non-hydrogen) atoms. The van der Waals surface area contributed by atoms with Crippen LogP contribution in [0.15, 0.2) is 12.1 Å². The molecule has 2 heterocycles. The van der Waals surface area contributed by atoms with Crippen LogP contribution in [0.5, 0.6) is 0 Å². The van der Waals surface area contributed by atoms with Gasteiger partial charge in [0.1, 0.15) is 11.0 Å². The van der Waals surface area contributed by atoms with Crippen LogP contribution in [0.2, 0.25) is 5.15 Å². The summed E-state index contributed by atoms with van der Waals surface area (Å²) in [5.41, 5.74) is 0. The first kappa shape index (κ1) is 9.21. The molecule has 1 aromatic rings. The van der Waals surface area contributed by atoms with Crippen molar-refractivity contribution in [3.05, 3.63) is 20.9 Å². The van der Waals surface area contributed by atoms with Crippen molar-refractivity contribution in [1.82, 2.24) is 4.98 Å². The number of hydrogen-bond donors (Lipinski definition) is 0. The van der Waals surface area contributed by atoms with Crippen molar-refractivity contribution in [3.63, 3.8) is 0 Å². The molecule has 2 aliphatic rings. The van der Waals surface area contributed by atoms with Crippen LogP contribution in [0.4, 0.5) is 5.82 Å². The fourth-order valence-corrected chi connectivity index (χ4v) is 3.16. The van der Waals surface area contributed by atoms with Gasteiger partial charge in [-0.25, -0.2) is 4.98 Å². The van der Waals surface area contributed by atoms with Crippen LogP contribution in [0.1, 0.15) is 6.42 Å². The molecule has 1 aliphatic carbocycles. The Hall–Kier alpha value is -0.0300. The molecule has 0 spiro atoms. The van der Waals surface area contributed by atoms with Crippen molar-refractivity contribution in [2.24, 2.45) is 11.8 Å². The van der Waals surface area contributed by atoms with Gasteiger partial charge < -0.3 is 4.90 Å². The highest BCUT2D eigenvalue weighted by molar-refractivity contribution is 14.1. The van der Waals surface area contributed by atoms with Crippen LogP contribution >= 0.6 is 34.2 Å². The van der Waals surface area contributed by atoms with E-state index >= 15 is 0 Å². The van der Waals surface area contributed by atoms with Crippen LogP contribution in [0.3, 0.4) is 0 Å². The van der Waals surface area contributed by atoms with Crippen LogP contribution in [-0.4, -0.2) is 18.1 Å². The molecule has 2 nitrogen and oxygen atoms in total. The molecule has 0 N–H and O–H groups in total. The highest BCUT2D eigenvalue weighted by Crippen LogP contribution is 2.46. The smallest absolute Gasteiger partial charge is 0.132 e. The molecule has 3 rings (SSSR count). The quantitative estimate of drug-likeness (QED) is 0.584. The van der Waals surface area contributed by atoms with E-state index < -0.39 is 0 Å². The van der Waals surface area contributed by atoms with Gasteiger partial charge in [0.25, 0.3) is 0 Å². The molecule has 1 aliphatic heterocycles. The summed E-state index contributed by atoms with van der Waals surface area (Å²) in [5, 5.41) is 0.604. The van der Waals surface area contributed by atoms with Gasteiger partial charge in [-0.2, -0.15) is 0 Å². The van der Waals surface area contributed by atoms with Crippen molar-refractivity contribution in [3.8, 4) is 0 Å². The van der Waals surface area contributed by atoms with E-state index in [4.69, 9.17) is 11.6 Å². The van der Waals surface area contributed by atoms with E-state index in [0.29, 0.717) is 5.15 Å². The van der Waals surface area contributed by atoms with E-state index in [9.17, 15) is 0 Å². The zero-order chi connectivity index (χ0) is 9.71. The zero-order valence-corrected chi connectivity index (χ0v) is 10.5. The first-order chi connectivity index (χ1) is 6.72. The van der Waals surface area contributed by atoms with Gasteiger partial charge in [-0.3, -0.25) is 0 Å². The summed E-state index contributed by atoms with van der Waals surface area (Å²) in [5.74, 6) is 2.93. The number of halogens is 2. The first-order valence-electron chi connectivity index (χ1n) is 4.80. The molecule has 1 aromatic heterocycles. The summed E-state index contributed by atoms with van der Waals surface area (Å²) in [6.45, 7) is 2.35. The molecule has 0 amide bonds. The van der Waals surface area contributed by atoms with Gasteiger partial charge in [-0.1, -0.05) is 11.6 Å². The predicted molar refractivity (Wildman–Crippen MR) is 65.8 cm³/mol. The Morgan fingerprint density at radius 3 is 2.71 bits per heavy atom. The number of hydrogen-bond acceptors (Lipinski definition) is 2. The molecular formula is C10H10ClIN2. The number of nitrogens with zero attached hydrogens (tertiary/aromatic N) is 2. The maximum atomic E-state index is 5.93. The summed E-state index contributed by atoms with van der Waals surface area (Å²) in [6.07, 6.45) is 1.42. The lowest BCUT2D eigenvalue weighted by Gasteiger charge is -2.19. The molecule has 0 aromatic carbocycles. The average molecular weight is 321 g/mol. The number of rotatable bonds is 1. The summed E-state index contributed by atoms with van der Waals surface area (Å²) >= 11 is 8.22. The lowest BCUT2D eigenvalue weighted by atomic mass is 10.4. The molecule has 2 atom stereocenters. The minimum Gasteiger partial charge on any atom is -0.356 e. The van der Waals surface area contributed by atoms with E-state index in [1.807, 2.05) is 6.07 Å². The highest BCUT2D eigenvalue weighted by atomic mass is 127. The molecule has 4 heteroatoms. The maximum Gasteiger partial charge on any atom is 0.132 e. The second kappa shape index (κ2) is 3.23. The fourth-order valence-electron chi connectivity index (χ4n) is 2.20. The van der Waals surface area contributed by atoms with Crippen LogP contribution in [0.25, 0.3) is 0 Å². The van der Waals surface area contributed by atoms with E-state index in [0.717, 1.165) is 21.2 Å². The van der Waals surface area contributed by atoms with Crippen molar-refractivity contribution in [2.45, 2.75) is 6.42 Å². The van der Waals surface area contributed by atoms with Crippen molar-refractivity contribution >= 4 is 40.0 Å². The van der Waals surface area contributed by atoms with Gasteiger partial charge in [0, 0.05) is 16.7 Å². The zero-order valence-electron chi connectivity index (χ0n) is 7.58. The van der Waals surface area contributed by atoms with Crippen LogP contribution < -0.4 is 4.90 Å². The lowest BCUT2D eigenvalue weighted by Crippen LogP contribution is -2.22. The van der Waals surface area contributed by atoms with Crippen molar-refractivity contribution < 1.29 is 0 Å². The number of aromatic nitrogens is 1. The number of anilines is 1. The predicted octanol–water partition coefficient (Wildman–Crippen LogP) is 2.80. The standard InChI is InChI=1S/C10H10ClIN2/c11-9-2-8(12)3-10(13-9)14-4-6-1-7(6)5-14/h2-3,6-7H,1,4-5H2. The number of piperidine rings is 1. The fraction of sp³-hybridized carbons (Fsp3) is 0.500. The molecule has 0 bridgehead atoms. The topological polar surface area (TPSA) is 16.1 Å². The Morgan fingerprint density at radius 2 is 2.07 bits per heavy atom. The van der Waals surface area contributed by atoms with Gasteiger partial charge in [0.15, 0.2) is 0 Å². The van der Waals surface area contributed by atoms with Crippen LogP contribution in [-0.2, 0) is 0 Å². The maximum absolute atomic E-state index is 5.93. The number of fused-ring (bicyclic) bond motifs is 1. The Labute approximate surface area is 102 Å². The van der Waals surface area contributed by atoms with E-state index in [1.165, 1.54) is 19.5 Å². The lowest BCUT2D eigenvalue weighted by molar-refractivity contribution is 0.805. The molecule has 74 valence electrons. The molecule has 0 radical (unpaired) electrons. The van der Waals surface area contributed by atoms with Gasteiger partial charge in [0.2, 0.25) is 0 Å². The van der Waals surface area contributed by atoms with Gasteiger partial charge in [0.05, 0.1) is 0 Å². The minimum atomic E-state index is 0.604. The van der Waals surface area contributed by atoms with Gasteiger partial charge in [-0.05, 0) is 53.0 Å². The molecule has 2 fully saturated rings. The third-order valence-corrected chi connectivity index (χ3v) is 3.86. The molecular weight excluding hydrogens is 310 g/mol. The molecule has 1 saturated heterocycles. The average Bonchev–Trinajstić information content (AvgIpc) is 2.72. The minimum absolute atomic E-state index is 0.604. The molecule has 1 saturated carbocycles. The van der Waals surface area contributed by atoms with E-state index in [1.54, 1.807) is 0 Å². The monoisotopic (exact) mass is 320 g/mol. The SMILES string of the molecule is Clc1cc(I)cc(N2CC3CC3C2)n1. The second-order valence-electron chi connectivity index (χ2n) is 4.13. The summed E-state index contributed by atoms with van der Waals surface area (Å²) in [4.78, 5) is 6.71. The van der Waals surface area contributed by atoms with Crippen molar-refractivity contribution in [1.29, 1.82) is 0 Å². The normalized spacial score (nSPS) is 29.1. The largest absolute Gasteiger partial charge is 0.356 e. The first-order valence-corrected chi connectivity index (χ1v) is 6.26. The Morgan fingerprint density at radius 1 is 1.36 bits per heavy atom. The highest BCUT2D eigenvalue weighted by Gasteiger charge is 2.45. The Bertz CT molecular complexity index is 352. The van der Waals surface area contributed by atoms with Gasteiger partial charge >= 0.3 is 0 Å². The van der Waals surface area contributed by atoms with Crippen molar-refractivity contribution in [2.75, 3.05) is 18.0 Å². The van der Waals surface area contributed by atoms with Gasteiger partial charge in [-0.15, -0.1) is 0 Å². The van der Waals surface area contributed by atoms with Crippen LogP contribution in [0, 0.1) is 15.4 Å². The summed E-state index contributed by atoms with van der Waals surface area (Å²) in [7, 11) is 0. The summed E-state index contributed by atoms with van der Waals surface area (Å²) in [6, 6.07) is 4.00. The Balaban J connectivity index is 1.88. The second-order valence-corrected chi connectivity index (χ2v) is 5.76. The Kier molecular flexibility index (Phi) is 2.13. The third kappa shape index (κ3) is 1.60. The van der Waals surface area contributed by atoms with E-state index in [-0.39, 0.29) is 0 Å². The number of pyridine rings is 1. The van der Waals surface area contributed by atoms with E-state index in [2.05, 4.69) is 38.5 Å².